The van der Waals surface area contributed by atoms with Gasteiger partial charge in [-0.25, -0.2) is 4.79 Å². The monoisotopic (exact) mass is 230 g/mol. The maximum absolute atomic E-state index is 11.6. The van der Waals surface area contributed by atoms with Crippen LogP contribution >= 0.6 is 0 Å². The molecule has 0 amide bonds. The van der Waals surface area contributed by atoms with Gasteiger partial charge in [-0.3, -0.25) is 9.68 Å². The van der Waals surface area contributed by atoms with Crippen molar-refractivity contribution < 1.29 is 19.4 Å². The lowest BCUT2D eigenvalue weighted by Gasteiger charge is -2.01. The lowest BCUT2D eigenvalue weighted by Crippen LogP contribution is -2.16. The summed E-state index contributed by atoms with van der Waals surface area (Å²) in [4.78, 5) is 31.2. The molecule has 0 bridgehead atoms. The van der Waals surface area contributed by atoms with Crippen molar-refractivity contribution in [3.63, 3.8) is 0 Å². The number of hydrogen-bond acceptors (Lipinski definition) is 4. The molecule has 2 aromatic rings. The number of ketones is 1. The van der Waals surface area contributed by atoms with E-state index < -0.39 is 11.8 Å². The second kappa shape index (κ2) is 4.76. The van der Waals surface area contributed by atoms with Crippen LogP contribution in [0.4, 0.5) is 0 Å². The highest BCUT2D eigenvalue weighted by Crippen LogP contribution is 2.16. The minimum Gasteiger partial charge on any atom is -0.289 e. The largest absolute Gasteiger partial charge is 0.413 e. The molecule has 17 heavy (non-hydrogen) atoms. The van der Waals surface area contributed by atoms with Gasteiger partial charge in [-0.15, -0.1) is 0 Å². The van der Waals surface area contributed by atoms with Crippen molar-refractivity contribution in [2.45, 2.75) is 0 Å². The zero-order chi connectivity index (χ0) is 12.3. The minimum absolute atomic E-state index is 0.283. The second-order valence-corrected chi connectivity index (χ2v) is 3.43. The predicted octanol–water partition coefficient (Wildman–Crippen LogP) is 2.13. The molecule has 2 aromatic carbocycles. The summed E-state index contributed by atoms with van der Waals surface area (Å²) in [5.41, 5.74) is 0.283. The van der Waals surface area contributed by atoms with E-state index in [-0.39, 0.29) is 5.56 Å². The zero-order valence-electron chi connectivity index (χ0n) is 9.17. The molecule has 0 aromatic heterocycles. The Bertz CT molecular complexity index is 574. The molecule has 0 saturated carbocycles. The van der Waals surface area contributed by atoms with E-state index in [0.717, 1.165) is 10.8 Å². The molecule has 0 saturated heterocycles. The lowest BCUT2D eigenvalue weighted by molar-refractivity contribution is -0.248. The first-order valence-electron chi connectivity index (χ1n) is 5.00. The highest BCUT2D eigenvalue weighted by molar-refractivity contribution is 6.40. The van der Waals surface area contributed by atoms with Crippen LogP contribution in [0.1, 0.15) is 10.4 Å². The van der Waals surface area contributed by atoms with E-state index in [2.05, 4.69) is 9.78 Å². The van der Waals surface area contributed by atoms with Gasteiger partial charge < -0.3 is 0 Å². The van der Waals surface area contributed by atoms with Gasteiger partial charge in [0.15, 0.2) is 0 Å². The van der Waals surface area contributed by atoms with Gasteiger partial charge in [-0.1, -0.05) is 36.4 Å². The topological polar surface area (TPSA) is 52.6 Å². The average Bonchev–Trinajstić information content (AvgIpc) is 2.37. The smallest absolute Gasteiger partial charge is 0.289 e. The van der Waals surface area contributed by atoms with Crippen LogP contribution in [-0.4, -0.2) is 18.9 Å². The van der Waals surface area contributed by atoms with Gasteiger partial charge in [0.25, 0.3) is 5.78 Å². The summed E-state index contributed by atoms with van der Waals surface area (Å²) < 4.78 is 0. The molecule has 4 heteroatoms. The third-order valence-electron chi connectivity index (χ3n) is 2.36. The van der Waals surface area contributed by atoms with Crippen molar-refractivity contribution >= 4 is 22.5 Å². The van der Waals surface area contributed by atoms with Crippen LogP contribution in [-0.2, 0) is 14.6 Å². The SMILES string of the molecule is COOC(=O)C(=O)c1ccc2ccccc2c1. The third kappa shape index (κ3) is 2.32. The molecule has 4 nitrogen and oxygen atoms in total. The molecule has 0 fully saturated rings. The molecule has 0 N–H and O–H groups in total. The van der Waals surface area contributed by atoms with Gasteiger partial charge >= 0.3 is 5.97 Å². The maximum Gasteiger partial charge on any atom is 0.413 e. The highest BCUT2D eigenvalue weighted by atomic mass is 17.2. The van der Waals surface area contributed by atoms with Crippen molar-refractivity contribution in [3.8, 4) is 0 Å². The summed E-state index contributed by atoms with van der Waals surface area (Å²) in [6.45, 7) is 0. The Balaban J connectivity index is 2.36. The normalized spacial score (nSPS) is 10.2. The molecule has 0 aliphatic carbocycles. The molecule has 0 aliphatic rings. The fourth-order valence-corrected chi connectivity index (χ4v) is 1.56. The molecule has 0 unspecified atom stereocenters. The Morgan fingerprint density at radius 3 is 2.41 bits per heavy atom. The fraction of sp³-hybridized carbons (Fsp3) is 0.0769. The molecule has 0 spiro atoms. The van der Waals surface area contributed by atoms with E-state index in [9.17, 15) is 9.59 Å². The first kappa shape index (κ1) is 11.3. The fourth-order valence-electron chi connectivity index (χ4n) is 1.56. The molecular formula is C13H10O4. The van der Waals surface area contributed by atoms with E-state index in [1.165, 1.54) is 7.11 Å². The average molecular weight is 230 g/mol. The zero-order valence-corrected chi connectivity index (χ0v) is 9.17. The standard InChI is InChI=1S/C13H10O4/c1-16-17-13(15)12(14)11-7-6-9-4-2-3-5-10(9)8-11/h2-8H,1H3. The quantitative estimate of drug-likeness (QED) is 0.351. The van der Waals surface area contributed by atoms with Crippen LogP contribution in [0.5, 0.6) is 0 Å². The molecule has 2 rings (SSSR count). The molecule has 0 atom stereocenters. The first-order chi connectivity index (χ1) is 8.22. The molecule has 0 heterocycles. The van der Waals surface area contributed by atoms with Crippen molar-refractivity contribution in [3.05, 3.63) is 48.0 Å². The van der Waals surface area contributed by atoms with Crippen LogP contribution in [0.25, 0.3) is 10.8 Å². The van der Waals surface area contributed by atoms with E-state index in [4.69, 9.17) is 0 Å². The van der Waals surface area contributed by atoms with Crippen LogP contribution in [0.15, 0.2) is 42.5 Å². The van der Waals surface area contributed by atoms with Gasteiger partial charge in [0, 0.05) is 5.56 Å². The summed E-state index contributed by atoms with van der Waals surface area (Å²) >= 11 is 0. The van der Waals surface area contributed by atoms with Crippen molar-refractivity contribution in [2.75, 3.05) is 7.11 Å². The second-order valence-electron chi connectivity index (χ2n) is 3.43. The number of hydrogen-bond donors (Lipinski definition) is 0. The number of carbonyl (C=O) groups excluding carboxylic acids is 2. The number of carbonyl (C=O) groups is 2. The Morgan fingerprint density at radius 2 is 1.71 bits per heavy atom. The highest BCUT2D eigenvalue weighted by Gasteiger charge is 2.18. The van der Waals surface area contributed by atoms with Gasteiger partial charge in [0.2, 0.25) is 0 Å². The van der Waals surface area contributed by atoms with E-state index in [1.807, 2.05) is 24.3 Å². The molecule has 0 radical (unpaired) electrons. The van der Waals surface area contributed by atoms with Crippen molar-refractivity contribution in [1.82, 2.24) is 0 Å². The van der Waals surface area contributed by atoms with Crippen LogP contribution in [0.2, 0.25) is 0 Å². The van der Waals surface area contributed by atoms with Crippen LogP contribution < -0.4 is 0 Å². The number of benzene rings is 2. The molecule has 86 valence electrons. The summed E-state index contributed by atoms with van der Waals surface area (Å²) in [5.74, 6) is -1.75. The third-order valence-corrected chi connectivity index (χ3v) is 2.36. The molecular weight excluding hydrogens is 220 g/mol. The lowest BCUT2D eigenvalue weighted by atomic mass is 10.0. The maximum atomic E-state index is 11.6. The summed E-state index contributed by atoms with van der Waals surface area (Å²) in [6.07, 6.45) is 0. The van der Waals surface area contributed by atoms with Gasteiger partial charge in [-0.2, -0.15) is 4.89 Å². The van der Waals surface area contributed by atoms with Gasteiger partial charge in [0.1, 0.15) is 0 Å². The van der Waals surface area contributed by atoms with E-state index in [0.29, 0.717) is 0 Å². The Morgan fingerprint density at radius 1 is 1.00 bits per heavy atom. The Kier molecular flexibility index (Phi) is 3.16. The molecule has 0 aliphatic heterocycles. The van der Waals surface area contributed by atoms with Crippen molar-refractivity contribution in [2.24, 2.45) is 0 Å². The summed E-state index contributed by atoms with van der Waals surface area (Å²) in [7, 11) is 1.17. The summed E-state index contributed by atoms with van der Waals surface area (Å²) in [5, 5.41) is 1.90. The number of Topliss-reactive ketones (excluding diaryl/α,β-unsaturated/α-hetero) is 1. The van der Waals surface area contributed by atoms with Gasteiger partial charge in [-0.05, 0) is 16.8 Å². The van der Waals surface area contributed by atoms with Crippen LogP contribution in [0, 0.1) is 0 Å². The van der Waals surface area contributed by atoms with Gasteiger partial charge in [0.05, 0.1) is 7.11 Å². The summed E-state index contributed by atoms with van der Waals surface area (Å²) in [6, 6.07) is 12.6. The number of fused-ring (bicyclic) bond motifs is 1. The predicted molar refractivity (Wildman–Crippen MR) is 61.4 cm³/mol. The Labute approximate surface area is 97.7 Å². The minimum atomic E-state index is -1.03. The van der Waals surface area contributed by atoms with Crippen LogP contribution in [0.3, 0.4) is 0 Å². The first-order valence-corrected chi connectivity index (χ1v) is 5.00. The van der Waals surface area contributed by atoms with E-state index in [1.54, 1.807) is 18.2 Å². The van der Waals surface area contributed by atoms with Crippen molar-refractivity contribution in [1.29, 1.82) is 0 Å². The Hall–Kier alpha value is -2.20. The number of rotatable bonds is 3. The van der Waals surface area contributed by atoms with E-state index >= 15 is 0 Å².